The van der Waals surface area contributed by atoms with Gasteiger partial charge in [0.05, 0.1) is 36.5 Å². The molecule has 8 nitrogen and oxygen atoms in total. The van der Waals surface area contributed by atoms with E-state index in [1.165, 1.54) is 13.3 Å². The number of methoxy groups -OCH3 is 1. The summed E-state index contributed by atoms with van der Waals surface area (Å²) in [5, 5.41) is 4.02. The van der Waals surface area contributed by atoms with Gasteiger partial charge in [-0.25, -0.2) is 10.2 Å². The molecular weight excluding hydrogens is 515 g/mol. The number of hydrazone groups is 1. The highest BCUT2D eigenvalue weighted by atomic mass is 127. The topological polar surface area (TPSA) is 95.5 Å². The van der Waals surface area contributed by atoms with Crippen molar-refractivity contribution in [1.82, 2.24) is 5.43 Å². The van der Waals surface area contributed by atoms with Crippen LogP contribution in [-0.2, 0) is 20.7 Å². The van der Waals surface area contributed by atoms with E-state index in [1.54, 1.807) is 12.1 Å². The van der Waals surface area contributed by atoms with Gasteiger partial charge in [0.25, 0.3) is 0 Å². The van der Waals surface area contributed by atoms with Crippen LogP contribution in [0.5, 0.6) is 17.2 Å². The molecule has 9 heteroatoms. The number of rotatable bonds is 11. The molecule has 1 N–H and O–H groups in total. The van der Waals surface area contributed by atoms with Crippen molar-refractivity contribution in [3.8, 4) is 17.2 Å². The smallest absolute Gasteiger partial charge is 0.343 e. The Morgan fingerprint density at radius 2 is 1.77 bits per heavy atom. The summed E-state index contributed by atoms with van der Waals surface area (Å²) in [5.41, 5.74) is 4.08. The molecule has 2 rings (SSSR count). The summed E-state index contributed by atoms with van der Waals surface area (Å²) < 4.78 is 21.9. The zero-order valence-corrected chi connectivity index (χ0v) is 19.8. The standard InChI is InChI=1S/C22H25IN2O6/c1-4-29-17-8-6-15(7-9-17)12-20(26)25-24-13-16-10-18(23)22(19(11-16)30-5-2)31-14-21(27)28-3/h6-11,13H,4-5,12,14H2,1-3H3,(H,25,26)/b24-13-. The van der Waals surface area contributed by atoms with E-state index < -0.39 is 5.97 Å². The van der Waals surface area contributed by atoms with E-state index >= 15 is 0 Å². The van der Waals surface area contributed by atoms with Gasteiger partial charge in [0.1, 0.15) is 5.75 Å². The van der Waals surface area contributed by atoms with Gasteiger partial charge in [-0.3, -0.25) is 4.79 Å². The Morgan fingerprint density at radius 3 is 2.42 bits per heavy atom. The molecule has 0 radical (unpaired) electrons. The van der Waals surface area contributed by atoms with Gasteiger partial charge in [-0.05, 0) is 71.8 Å². The van der Waals surface area contributed by atoms with E-state index in [4.69, 9.17) is 14.2 Å². The van der Waals surface area contributed by atoms with Crippen molar-refractivity contribution in [3.05, 3.63) is 51.1 Å². The van der Waals surface area contributed by atoms with Gasteiger partial charge in [-0.2, -0.15) is 5.10 Å². The van der Waals surface area contributed by atoms with Gasteiger partial charge >= 0.3 is 5.97 Å². The van der Waals surface area contributed by atoms with Crippen LogP contribution in [0.15, 0.2) is 41.5 Å². The maximum Gasteiger partial charge on any atom is 0.343 e. The molecule has 0 saturated carbocycles. The molecule has 0 aliphatic rings. The molecule has 2 aromatic carbocycles. The van der Waals surface area contributed by atoms with Crippen molar-refractivity contribution in [2.75, 3.05) is 26.9 Å². The van der Waals surface area contributed by atoms with E-state index in [0.717, 1.165) is 14.9 Å². The summed E-state index contributed by atoms with van der Waals surface area (Å²) in [6.07, 6.45) is 1.72. The van der Waals surface area contributed by atoms with Crippen molar-refractivity contribution in [2.24, 2.45) is 5.10 Å². The van der Waals surface area contributed by atoms with Crippen LogP contribution in [0.2, 0.25) is 0 Å². The Labute approximate surface area is 195 Å². The van der Waals surface area contributed by atoms with Crippen LogP contribution in [0.25, 0.3) is 0 Å². The van der Waals surface area contributed by atoms with Crippen LogP contribution in [0.4, 0.5) is 0 Å². The van der Waals surface area contributed by atoms with Crippen LogP contribution in [0, 0.1) is 3.57 Å². The molecule has 0 atom stereocenters. The molecule has 166 valence electrons. The zero-order valence-electron chi connectivity index (χ0n) is 17.6. The van der Waals surface area contributed by atoms with Gasteiger partial charge in [0.15, 0.2) is 18.1 Å². The number of nitrogens with one attached hydrogen (secondary N) is 1. The first-order valence-corrected chi connectivity index (χ1v) is 10.7. The molecule has 0 bridgehead atoms. The van der Waals surface area contributed by atoms with Gasteiger partial charge in [-0.1, -0.05) is 12.1 Å². The quantitative estimate of drug-likeness (QED) is 0.203. The second-order valence-electron chi connectivity index (χ2n) is 6.17. The van der Waals surface area contributed by atoms with E-state index in [9.17, 15) is 9.59 Å². The van der Waals surface area contributed by atoms with Crippen molar-refractivity contribution in [2.45, 2.75) is 20.3 Å². The molecule has 1 amide bonds. The van der Waals surface area contributed by atoms with Crippen LogP contribution in [-0.4, -0.2) is 45.0 Å². The normalized spacial score (nSPS) is 10.6. The van der Waals surface area contributed by atoms with Crippen LogP contribution in [0.1, 0.15) is 25.0 Å². The van der Waals surface area contributed by atoms with E-state index in [-0.39, 0.29) is 18.9 Å². The highest BCUT2D eigenvalue weighted by Gasteiger charge is 2.14. The fourth-order valence-electron chi connectivity index (χ4n) is 2.53. The molecule has 31 heavy (non-hydrogen) atoms. The van der Waals surface area contributed by atoms with Crippen molar-refractivity contribution < 1.29 is 28.5 Å². The summed E-state index contributed by atoms with van der Waals surface area (Å²) in [6, 6.07) is 10.9. The average molecular weight is 540 g/mol. The predicted molar refractivity (Wildman–Crippen MR) is 125 cm³/mol. The summed E-state index contributed by atoms with van der Waals surface area (Å²) in [6.45, 7) is 4.56. The Balaban J connectivity index is 2.00. The minimum absolute atomic E-state index is 0.200. The minimum Gasteiger partial charge on any atom is -0.494 e. The molecule has 0 fully saturated rings. The average Bonchev–Trinajstić information content (AvgIpc) is 2.74. The summed E-state index contributed by atoms with van der Waals surface area (Å²) in [5.74, 6) is 0.964. The number of halogens is 1. The number of hydrogen-bond acceptors (Lipinski definition) is 7. The van der Waals surface area contributed by atoms with E-state index in [1.807, 2.05) is 38.1 Å². The third-order valence-corrected chi connectivity index (χ3v) is 4.70. The summed E-state index contributed by atoms with van der Waals surface area (Å²) in [4.78, 5) is 23.5. The van der Waals surface area contributed by atoms with Gasteiger partial charge in [0.2, 0.25) is 5.91 Å². The molecule has 0 unspecified atom stereocenters. The third kappa shape index (κ3) is 8.08. The monoisotopic (exact) mass is 540 g/mol. The molecule has 0 aliphatic carbocycles. The Morgan fingerprint density at radius 1 is 1.06 bits per heavy atom. The van der Waals surface area contributed by atoms with Gasteiger partial charge in [-0.15, -0.1) is 0 Å². The minimum atomic E-state index is -0.487. The summed E-state index contributed by atoms with van der Waals surface area (Å²) in [7, 11) is 1.30. The van der Waals surface area contributed by atoms with Crippen LogP contribution >= 0.6 is 22.6 Å². The van der Waals surface area contributed by atoms with Crippen LogP contribution < -0.4 is 19.6 Å². The number of benzene rings is 2. The number of esters is 1. The zero-order chi connectivity index (χ0) is 22.6. The Hall–Kier alpha value is -2.82. The largest absolute Gasteiger partial charge is 0.494 e. The molecule has 0 heterocycles. The van der Waals surface area contributed by atoms with Crippen molar-refractivity contribution in [3.63, 3.8) is 0 Å². The molecule has 0 saturated heterocycles. The van der Waals surface area contributed by atoms with Crippen molar-refractivity contribution >= 4 is 40.7 Å². The van der Waals surface area contributed by atoms with Gasteiger partial charge < -0.3 is 18.9 Å². The number of carbonyl (C=O) groups is 2. The number of ether oxygens (including phenoxy) is 4. The number of hydrogen-bond donors (Lipinski definition) is 1. The lowest BCUT2D eigenvalue weighted by molar-refractivity contribution is -0.143. The lowest BCUT2D eigenvalue weighted by atomic mass is 10.1. The lowest BCUT2D eigenvalue weighted by Gasteiger charge is -2.14. The maximum atomic E-state index is 12.1. The highest BCUT2D eigenvalue weighted by Crippen LogP contribution is 2.34. The number of nitrogens with zero attached hydrogens (tertiary/aromatic N) is 1. The second-order valence-corrected chi connectivity index (χ2v) is 7.34. The number of carbonyl (C=O) groups excluding carboxylic acids is 2. The molecule has 0 spiro atoms. The lowest BCUT2D eigenvalue weighted by Crippen LogP contribution is -2.19. The number of amides is 1. The summed E-state index contributed by atoms with van der Waals surface area (Å²) >= 11 is 2.08. The molecule has 0 aromatic heterocycles. The first kappa shape index (κ1) is 24.4. The van der Waals surface area contributed by atoms with Crippen molar-refractivity contribution in [1.29, 1.82) is 0 Å². The van der Waals surface area contributed by atoms with Crippen LogP contribution in [0.3, 0.4) is 0 Å². The first-order valence-electron chi connectivity index (χ1n) is 9.66. The Kier molecular flexibility index (Phi) is 10.1. The van der Waals surface area contributed by atoms with E-state index in [0.29, 0.717) is 30.3 Å². The fourth-order valence-corrected chi connectivity index (χ4v) is 3.31. The molecule has 0 aliphatic heterocycles. The second kappa shape index (κ2) is 12.8. The predicted octanol–water partition coefficient (Wildman–Crippen LogP) is 3.33. The first-order chi connectivity index (χ1) is 15.0. The molecular formula is C22H25IN2O6. The SMILES string of the molecule is CCOc1ccc(CC(=O)N/N=C\c2cc(I)c(OCC(=O)OC)c(OCC)c2)cc1. The fraction of sp³-hybridized carbons (Fsp3) is 0.318. The molecule has 2 aromatic rings. The highest BCUT2D eigenvalue weighted by molar-refractivity contribution is 14.1. The third-order valence-electron chi connectivity index (χ3n) is 3.90. The maximum absolute atomic E-state index is 12.1. The Bertz CT molecular complexity index is 915. The van der Waals surface area contributed by atoms with Gasteiger partial charge in [0, 0.05) is 0 Å². The van der Waals surface area contributed by atoms with E-state index in [2.05, 4.69) is 37.9 Å².